The van der Waals surface area contributed by atoms with E-state index in [4.69, 9.17) is 20.9 Å². The van der Waals surface area contributed by atoms with Crippen LogP contribution in [0.2, 0.25) is 5.02 Å². The standard InChI is InChI=1S/C14H16ClFN2O2/c1-2-5-17-8-11-7-12(20-18-11)9-19-14-4-3-10(16)6-13(14)15/h3-4,6-7,17H,2,5,8-9H2,1H3. The van der Waals surface area contributed by atoms with Gasteiger partial charge in [-0.25, -0.2) is 4.39 Å². The zero-order valence-corrected chi connectivity index (χ0v) is 11.9. The number of ether oxygens (including phenoxy) is 1. The quantitative estimate of drug-likeness (QED) is 0.794. The van der Waals surface area contributed by atoms with Crippen molar-refractivity contribution in [2.45, 2.75) is 26.5 Å². The van der Waals surface area contributed by atoms with Crippen molar-refractivity contribution in [3.05, 3.63) is 46.6 Å². The van der Waals surface area contributed by atoms with Crippen molar-refractivity contribution in [3.8, 4) is 5.75 Å². The second-order valence-electron chi connectivity index (χ2n) is 4.32. The minimum absolute atomic E-state index is 0.201. The highest BCUT2D eigenvalue weighted by molar-refractivity contribution is 6.32. The van der Waals surface area contributed by atoms with E-state index in [1.54, 1.807) is 0 Å². The lowest BCUT2D eigenvalue weighted by Crippen LogP contribution is -2.13. The molecule has 0 radical (unpaired) electrons. The van der Waals surface area contributed by atoms with Crippen molar-refractivity contribution in [1.82, 2.24) is 10.5 Å². The Morgan fingerprint density at radius 1 is 1.40 bits per heavy atom. The minimum atomic E-state index is -0.397. The first kappa shape index (κ1) is 14.8. The largest absolute Gasteiger partial charge is 0.484 e. The van der Waals surface area contributed by atoms with Gasteiger partial charge in [-0.15, -0.1) is 0 Å². The molecule has 2 aromatic rings. The molecule has 0 atom stereocenters. The smallest absolute Gasteiger partial charge is 0.174 e. The van der Waals surface area contributed by atoms with E-state index in [2.05, 4.69) is 17.4 Å². The molecule has 1 N–H and O–H groups in total. The lowest BCUT2D eigenvalue weighted by Gasteiger charge is -2.05. The fraction of sp³-hybridized carbons (Fsp3) is 0.357. The Labute approximate surface area is 121 Å². The molecular formula is C14H16ClFN2O2. The van der Waals surface area contributed by atoms with Crippen molar-refractivity contribution < 1.29 is 13.7 Å². The predicted octanol–water partition coefficient (Wildman–Crippen LogP) is 3.55. The summed E-state index contributed by atoms with van der Waals surface area (Å²) in [6, 6.07) is 5.80. The normalized spacial score (nSPS) is 10.8. The molecule has 0 spiro atoms. The van der Waals surface area contributed by atoms with Crippen molar-refractivity contribution in [2.75, 3.05) is 6.54 Å². The van der Waals surface area contributed by atoms with Gasteiger partial charge in [0, 0.05) is 12.6 Å². The van der Waals surface area contributed by atoms with Crippen molar-refractivity contribution in [3.63, 3.8) is 0 Å². The van der Waals surface area contributed by atoms with Crippen molar-refractivity contribution in [1.29, 1.82) is 0 Å². The topological polar surface area (TPSA) is 47.3 Å². The molecule has 1 heterocycles. The summed E-state index contributed by atoms with van der Waals surface area (Å²) >= 11 is 5.86. The first-order valence-electron chi connectivity index (χ1n) is 6.42. The third-order valence-electron chi connectivity index (χ3n) is 2.60. The van der Waals surface area contributed by atoms with Crippen LogP contribution in [0.1, 0.15) is 24.8 Å². The van der Waals surface area contributed by atoms with Crippen LogP contribution in [0.5, 0.6) is 5.75 Å². The molecule has 2 rings (SSSR count). The lowest BCUT2D eigenvalue weighted by molar-refractivity contribution is 0.248. The molecule has 0 unspecified atom stereocenters. The Hall–Kier alpha value is -1.59. The first-order valence-corrected chi connectivity index (χ1v) is 6.80. The fourth-order valence-electron chi connectivity index (χ4n) is 1.64. The molecule has 0 saturated carbocycles. The van der Waals surface area contributed by atoms with Gasteiger partial charge >= 0.3 is 0 Å². The van der Waals surface area contributed by atoms with Gasteiger partial charge < -0.3 is 14.6 Å². The first-order chi connectivity index (χ1) is 9.69. The van der Waals surface area contributed by atoms with E-state index in [0.29, 0.717) is 18.1 Å². The Bertz CT molecular complexity index is 560. The molecule has 0 aliphatic carbocycles. The van der Waals surface area contributed by atoms with E-state index < -0.39 is 5.82 Å². The summed E-state index contributed by atoms with van der Waals surface area (Å²) in [7, 11) is 0. The lowest BCUT2D eigenvalue weighted by atomic mass is 10.3. The summed E-state index contributed by atoms with van der Waals surface area (Å²) in [5, 5.41) is 7.38. The molecule has 4 nitrogen and oxygen atoms in total. The predicted molar refractivity (Wildman–Crippen MR) is 74.2 cm³/mol. The summed E-state index contributed by atoms with van der Waals surface area (Å²) in [6.45, 7) is 3.89. The minimum Gasteiger partial charge on any atom is -0.484 e. The number of hydrogen-bond donors (Lipinski definition) is 1. The van der Waals surface area contributed by atoms with E-state index in [0.717, 1.165) is 18.7 Å². The van der Waals surface area contributed by atoms with Crippen LogP contribution in [0, 0.1) is 5.82 Å². The number of hydrogen-bond acceptors (Lipinski definition) is 4. The Kier molecular flexibility index (Phi) is 5.38. The van der Waals surface area contributed by atoms with Crippen LogP contribution in [0.15, 0.2) is 28.8 Å². The summed E-state index contributed by atoms with van der Waals surface area (Å²) in [5.74, 6) is 0.611. The maximum absolute atomic E-state index is 12.9. The maximum Gasteiger partial charge on any atom is 0.174 e. The number of nitrogens with one attached hydrogen (secondary N) is 1. The SMILES string of the molecule is CCCNCc1cc(COc2ccc(F)cc2Cl)on1. The van der Waals surface area contributed by atoms with Gasteiger partial charge in [-0.05, 0) is 31.2 Å². The Morgan fingerprint density at radius 2 is 2.25 bits per heavy atom. The summed E-state index contributed by atoms with van der Waals surface area (Å²) in [5.41, 5.74) is 0.822. The van der Waals surface area contributed by atoms with Crippen LogP contribution >= 0.6 is 11.6 Å². The Morgan fingerprint density at radius 3 is 3.00 bits per heavy atom. The molecular weight excluding hydrogens is 283 g/mol. The van der Waals surface area contributed by atoms with Gasteiger partial charge in [-0.3, -0.25) is 0 Å². The van der Waals surface area contributed by atoms with Crippen LogP contribution in [0.4, 0.5) is 4.39 Å². The number of rotatable bonds is 7. The van der Waals surface area contributed by atoms with E-state index >= 15 is 0 Å². The summed E-state index contributed by atoms with van der Waals surface area (Å²) in [4.78, 5) is 0. The molecule has 1 aromatic heterocycles. The maximum atomic E-state index is 12.9. The highest BCUT2D eigenvalue weighted by Crippen LogP contribution is 2.25. The van der Waals surface area contributed by atoms with Crippen LogP contribution in [-0.4, -0.2) is 11.7 Å². The average molecular weight is 299 g/mol. The zero-order chi connectivity index (χ0) is 14.4. The van der Waals surface area contributed by atoms with Crippen LogP contribution in [0.25, 0.3) is 0 Å². The monoisotopic (exact) mass is 298 g/mol. The number of halogens is 2. The molecule has 0 aliphatic rings. The molecule has 20 heavy (non-hydrogen) atoms. The summed E-state index contributed by atoms with van der Waals surface area (Å²) in [6.07, 6.45) is 1.07. The van der Waals surface area contributed by atoms with Crippen molar-refractivity contribution >= 4 is 11.6 Å². The zero-order valence-electron chi connectivity index (χ0n) is 11.2. The van der Waals surface area contributed by atoms with Gasteiger partial charge in [0.2, 0.25) is 0 Å². The second kappa shape index (κ2) is 7.26. The van der Waals surface area contributed by atoms with Gasteiger partial charge in [0.1, 0.15) is 18.2 Å². The average Bonchev–Trinajstić information content (AvgIpc) is 2.86. The molecule has 0 amide bonds. The van der Waals surface area contributed by atoms with Gasteiger partial charge in [0.25, 0.3) is 0 Å². The van der Waals surface area contributed by atoms with Crippen LogP contribution in [0.3, 0.4) is 0 Å². The number of aromatic nitrogens is 1. The molecule has 108 valence electrons. The highest BCUT2D eigenvalue weighted by atomic mass is 35.5. The van der Waals surface area contributed by atoms with Crippen LogP contribution in [-0.2, 0) is 13.2 Å². The van der Waals surface area contributed by atoms with E-state index in [1.165, 1.54) is 18.2 Å². The van der Waals surface area contributed by atoms with Gasteiger partial charge in [0.05, 0.1) is 10.7 Å². The number of benzene rings is 1. The second-order valence-corrected chi connectivity index (χ2v) is 4.73. The fourth-order valence-corrected chi connectivity index (χ4v) is 1.86. The molecule has 0 aliphatic heterocycles. The molecule has 0 fully saturated rings. The molecule has 0 saturated heterocycles. The van der Waals surface area contributed by atoms with Crippen LogP contribution < -0.4 is 10.1 Å². The van der Waals surface area contributed by atoms with E-state index in [1.807, 2.05) is 6.07 Å². The molecule has 0 bridgehead atoms. The highest BCUT2D eigenvalue weighted by Gasteiger charge is 2.07. The third kappa shape index (κ3) is 4.21. The van der Waals surface area contributed by atoms with E-state index in [9.17, 15) is 4.39 Å². The summed E-state index contributed by atoms with van der Waals surface area (Å²) < 4.78 is 23.5. The molecule has 6 heteroatoms. The third-order valence-corrected chi connectivity index (χ3v) is 2.90. The van der Waals surface area contributed by atoms with E-state index in [-0.39, 0.29) is 11.6 Å². The number of nitrogens with zero attached hydrogens (tertiary/aromatic N) is 1. The molecule has 1 aromatic carbocycles. The van der Waals surface area contributed by atoms with Gasteiger partial charge in [0.15, 0.2) is 5.76 Å². The van der Waals surface area contributed by atoms with Gasteiger partial charge in [-0.2, -0.15) is 0 Å². The van der Waals surface area contributed by atoms with Gasteiger partial charge in [-0.1, -0.05) is 23.7 Å². The van der Waals surface area contributed by atoms with Crippen molar-refractivity contribution in [2.24, 2.45) is 0 Å². The Balaban J connectivity index is 1.87.